The summed E-state index contributed by atoms with van der Waals surface area (Å²) < 4.78 is 18.8. The fraction of sp³-hybridized carbons (Fsp3) is 0.312. The number of piperidine rings is 1. The number of nitrogens with two attached hydrogens (primary N) is 1. The summed E-state index contributed by atoms with van der Waals surface area (Å²) in [6, 6.07) is 6.32. The van der Waals surface area contributed by atoms with Crippen molar-refractivity contribution in [2.24, 2.45) is 10.7 Å². The number of rotatable bonds is 1. The summed E-state index contributed by atoms with van der Waals surface area (Å²) >= 11 is 0. The molecule has 2 aliphatic rings. The van der Waals surface area contributed by atoms with Crippen LogP contribution in [0.25, 0.3) is 0 Å². The number of nitrogens with zero attached hydrogens (tertiary/aromatic N) is 3. The van der Waals surface area contributed by atoms with Gasteiger partial charge in [-0.05, 0) is 12.1 Å². The maximum Gasteiger partial charge on any atom is 0.292 e. The van der Waals surface area contributed by atoms with Crippen LogP contribution in [0.5, 0.6) is 0 Å². The van der Waals surface area contributed by atoms with E-state index in [1.165, 1.54) is 12.3 Å². The van der Waals surface area contributed by atoms with Gasteiger partial charge in [0, 0.05) is 37.7 Å². The van der Waals surface area contributed by atoms with Crippen LogP contribution in [0.15, 0.2) is 40.0 Å². The fourth-order valence-electron chi connectivity index (χ4n) is 3.25. The van der Waals surface area contributed by atoms with Crippen molar-refractivity contribution >= 4 is 17.4 Å². The Morgan fingerprint density at radius 3 is 2.83 bits per heavy atom. The lowest BCUT2D eigenvalue weighted by molar-refractivity contribution is 0.0644. The van der Waals surface area contributed by atoms with Gasteiger partial charge in [-0.2, -0.15) is 0 Å². The number of hydrogen-bond donors (Lipinski definition) is 2. The third-order valence-electron chi connectivity index (χ3n) is 4.50. The predicted octanol–water partition coefficient (Wildman–Crippen LogP) is 1.58. The molecule has 1 fully saturated rings. The van der Waals surface area contributed by atoms with Gasteiger partial charge in [0.1, 0.15) is 17.3 Å². The molecule has 0 aliphatic carbocycles. The smallest absolute Gasteiger partial charge is 0.292 e. The average molecular weight is 329 g/mol. The SMILES string of the molecule is NC1=NC2(CCN(C(=O)c3ccno3)CC2)Nc2cccc(F)c21. The molecule has 2 aromatic rings. The van der Waals surface area contributed by atoms with Gasteiger partial charge in [0.05, 0.1) is 11.8 Å². The minimum Gasteiger partial charge on any atom is -0.383 e. The number of amidine groups is 1. The number of hydrogen-bond acceptors (Lipinski definition) is 6. The van der Waals surface area contributed by atoms with Crippen molar-refractivity contribution in [2.45, 2.75) is 18.5 Å². The van der Waals surface area contributed by atoms with E-state index in [0.29, 0.717) is 37.2 Å². The topological polar surface area (TPSA) is 96.8 Å². The van der Waals surface area contributed by atoms with Gasteiger partial charge in [0.25, 0.3) is 5.91 Å². The minimum atomic E-state index is -0.608. The molecule has 124 valence electrons. The van der Waals surface area contributed by atoms with E-state index in [1.54, 1.807) is 23.1 Å². The number of nitrogens with one attached hydrogen (secondary N) is 1. The summed E-state index contributed by atoms with van der Waals surface area (Å²) in [7, 11) is 0. The Kier molecular flexibility index (Phi) is 3.26. The summed E-state index contributed by atoms with van der Waals surface area (Å²) in [5, 5.41) is 6.85. The molecule has 1 aromatic heterocycles. The zero-order valence-corrected chi connectivity index (χ0v) is 12.8. The molecule has 1 saturated heterocycles. The van der Waals surface area contributed by atoms with Crippen molar-refractivity contribution < 1.29 is 13.7 Å². The molecule has 7 nitrogen and oxygen atoms in total. The number of amides is 1. The van der Waals surface area contributed by atoms with Crippen LogP contribution in [0.2, 0.25) is 0 Å². The van der Waals surface area contributed by atoms with Crippen LogP contribution >= 0.6 is 0 Å². The molecule has 3 heterocycles. The second kappa shape index (κ2) is 5.33. The lowest BCUT2D eigenvalue weighted by Gasteiger charge is -2.42. The third-order valence-corrected chi connectivity index (χ3v) is 4.50. The van der Waals surface area contributed by atoms with E-state index in [2.05, 4.69) is 15.5 Å². The molecule has 2 aliphatic heterocycles. The molecule has 0 saturated carbocycles. The largest absolute Gasteiger partial charge is 0.383 e. The number of aliphatic imine (C=N–C) groups is 1. The second-order valence-electron chi connectivity index (χ2n) is 5.98. The summed E-state index contributed by atoms with van der Waals surface area (Å²) in [6.07, 6.45) is 2.59. The summed E-state index contributed by atoms with van der Waals surface area (Å²) in [6.45, 7) is 0.988. The number of aromatic nitrogens is 1. The molecule has 24 heavy (non-hydrogen) atoms. The Bertz CT molecular complexity index is 810. The molecule has 3 N–H and O–H groups in total. The first-order valence-electron chi connectivity index (χ1n) is 7.70. The number of fused-ring (bicyclic) bond motifs is 1. The Hall–Kier alpha value is -2.90. The zero-order valence-electron chi connectivity index (χ0n) is 12.8. The predicted molar refractivity (Wildman–Crippen MR) is 85.1 cm³/mol. The Balaban J connectivity index is 1.54. The molecule has 1 aromatic carbocycles. The van der Waals surface area contributed by atoms with Crippen molar-refractivity contribution in [2.75, 3.05) is 18.4 Å². The van der Waals surface area contributed by atoms with Gasteiger partial charge in [-0.15, -0.1) is 0 Å². The molecule has 0 atom stereocenters. The summed E-state index contributed by atoms with van der Waals surface area (Å²) in [5.74, 6) is -0.176. The average Bonchev–Trinajstić information content (AvgIpc) is 3.09. The highest BCUT2D eigenvalue weighted by atomic mass is 19.1. The third kappa shape index (κ3) is 2.31. The maximum absolute atomic E-state index is 13.9. The van der Waals surface area contributed by atoms with Crippen molar-refractivity contribution in [3.8, 4) is 0 Å². The molecular weight excluding hydrogens is 313 g/mol. The normalized spacial score (nSPS) is 18.7. The highest BCUT2D eigenvalue weighted by Gasteiger charge is 2.39. The van der Waals surface area contributed by atoms with Crippen LogP contribution < -0.4 is 11.1 Å². The molecule has 0 radical (unpaired) electrons. The van der Waals surface area contributed by atoms with Crippen LogP contribution in [0.4, 0.5) is 10.1 Å². The zero-order chi connectivity index (χ0) is 16.7. The van der Waals surface area contributed by atoms with Gasteiger partial charge >= 0.3 is 0 Å². The number of anilines is 1. The second-order valence-corrected chi connectivity index (χ2v) is 5.98. The van der Waals surface area contributed by atoms with Crippen molar-refractivity contribution in [3.63, 3.8) is 0 Å². The Labute approximate surface area is 137 Å². The van der Waals surface area contributed by atoms with E-state index in [1.807, 2.05) is 0 Å². The number of benzene rings is 1. The summed E-state index contributed by atoms with van der Waals surface area (Å²) in [4.78, 5) is 18.5. The molecule has 1 spiro atoms. The van der Waals surface area contributed by atoms with Gasteiger partial charge in [-0.1, -0.05) is 11.2 Å². The molecule has 8 heteroatoms. The Morgan fingerprint density at radius 1 is 1.33 bits per heavy atom. The quantitative estimate of drug-likeness (QED) is 0.828. The van der Waals surface area contributed by atoms with Crippen molar-refractivity contribution in [1.82, 2.24) is 10.1 Å². The number of likely N-dealkylation sites (tertiary alicyclic amines) is 1. The fourth-order valence-corrected chi connectivity index (χ4v) is 3.25. The first kappa shape index (κ1) is 14.7. The van der Waals surface area contributed by atoms with Gasteiger partial charge < -0.3 is 20.5 Å². The standard InChI is InChI=1S/C16H16FN5O2/c17-10-2-1-3-11-13(10)14(18)21-16(20-11)5-8-22(9-6-16)15(23)12-4-7-19-24-12/h1-4,7,20H,5-6,8-9H2,(H2,18,21). The monoisotopic (exact) mass is 329 g/mol. The van der Waals surface area contributed by atoms with E-state index in [0.717, 1.165) is 0 Å². The Morgan fingerprint density at radius 2 is 2.12 bits per heavy atom. The van der Waals surface area contributed by atoms with Gasteiger partial charge in [0.2, 0.25) is 5.76 Å². The van der Waals surface area contributed by atoms with Crippen molar-refractivity contribution in [3.05, 3.63) is 47.6 Å². The van der Waals surface area contributed by atoms with E-state index in [4.69, 9.17) is 10.3 Å². The number of carbonyl (C=O) groups excluding carboxylic acids is 1. The van der Waals surface area contributed by atoms with E-state index in [9.17, 15) is 9.18 Å². The van der Waals surface area contributed by atoms with Crippen LogP contribution in [0, 0.1) is 5.82 Å². The lowest BCUT2D eigenvalue weighted by Crippen LogP contribution is -2.52. The maximum atomic E-state index is 13.9. The molecule has 1 amide bonds. The summed E-state index contributed by atoms with van der Waals surface area (Å²) in [5.41, 5.74) is 6.33. The van der Waals surface area contributed by atoms with Crippen LogP contribution in [-0.2, 0) is 0 Å². The van der Waals surface area contributed by atoms with Crippen LogP contribution in [0.1, 0.15) is 29.0 Å². The lowest BCUT2D eigenvalue weighted by atomic mass is 9.93. The number of halogens is 1. The van der Waals surface area contributed by atoms with Gasteiger partial charge in [-0.3, -0.25) is 4.79 Å². The first-order valence-corrected chi connectivity index (χ1v) is 7.70. The highest BCUT2D eigenvalue weighted by molar-refractivity contribution is 6.04. The molecule has 4 rings (SSSR count). The van der Waals surface area contributed by atoms with Gasteiger partial charge in [0.15, 0.2) is 0 Å². The molecular formula is C16H16FN5O2. The van der Waals surface area contributed by atoms with Crippen LogP contribution in [-0.4, -0.2) is 40.6 Å². The minimum absolute atomic E-state index is 0.192. The van der Waals surface area contributed by atoms with Crippen molar-refractivity contribution in [1.29, 1.82) is 0 Å². The first-order chi connectivity index (χ1) is 11.6. The molecule has 0 bridgehead atoms. The van der Waals surface area contributed by atoms with E-state index >= 15 is 0 Å². The van der Waals surface area contributed by atoms with Crippen LogP contribution in [0.3, 0.4) is 0 Å². The molecule has 0 unspecified atom stereocenters. The van der Waals surface area contributed by atoms with E-state index < -0.39 is 11.5 Å². The van der Waals surface area contributed by atoms with Gasteiger partial charge in [-0.25, -0.2) is 9.38 Å². The highest BCUT2D eigenvalue weighted by Crippen LogP contribution is 2.35. The number of carbonyl (C=O) groups is 1. The van der Waals surface area contributed by atoms with E-state index in [-0.39, 0.29) is 17.5 Å².